The van der Waals surface area contributed by atoms with Crippen molar-refractivity contribution in [1.82, 2.24) is 10.3 Å². The number of aromatic nitrogens is 1. The molecule has 1 fully saturated rings. The van der Waals surface area contributed by atoms with Crippen molar-refractivity contribution in [3.8, 4) is 22.8 Å². The molecule has 0 aliphatic carbocycles. The summed E-state index contributed by atoms with van der Waals surface area (Å²) in [6.07, 6.45) is 1.30. The summed E-state index contributed by atoms with van der Waals surface area (Å²) in [5.41, 5.74) is 6.47. The van der Waals surface area contributed by atoms with E-state index in [1.54, 1.807) is 0 Å². The molecule has 1 aromatic heterocycles. The van der Waals surface area contributed by atoms with Crippen LogP contribution in [0.25, 0.3) is 11.3 Å². The lowest BCUT2D eigenvalue weighted by Crippen LogP contribution is -2.49. The second kappa shape index (κ2) is 10.4. The van der Waals surface area contributed by atoms with Crippen LogP contribution in [0.1, 0.15) is 43.3 Å². The molecule has 1 aliphatic heterocycles. The molecule has 2 heterocycles. The fraction of sp³-hybridized carbons (Fsp3) is 0.346. The zero-order chi connectivity index (χ0) is 25.0. The Balaban J connectivity index is 1.49. The van der Waals surface area contributed by atoms with Gasteiger partial charge in [-0.1, -0.05) is 29.5 Å². The first-order valence-electron chi connectivity index (χ1n) is 11.6. The van der Waals surface area contributed by atoms with E-state index in [9.17, 15) is 9.59 Å². The molecule has 4 rings (SSSR count). The summed E-state index contributed by atoms with van der Waals surface area (Å²) in [6.45, 7) is 6.86. The molecule has 8 nitrogen and oxygen atoms in total. The van der Waals surface area contributed by atoms with Crippen molar-refractivity contribution in [2.24, 2.45) is 5.73 Å². The molecule has 3 N–H and O–H groups in total. The molecular formula is C26H30N4O4S. The number of thiazole rings is 1. The van der Waals surface area contributed by atoms with Crippen LogP contribution in [0.4, 0.5) is 9.93 Å². The Morgan fingerprint density at radius 3 is 2.43 bits per heavy atom. The lowest BCUT2D eigenvalue weighted by molar-refractivity contribution is 0.0499. The van der Waals surface area contributed by atoms with Crippen molar-refractivity contribution in [3.63, 3.8) is 0 Å². The SMILES string of the molecule is CC(C)(C)OC(=O)N[C@@H]1CCCN(c2nc(-c3ccc(Oc4ccccc4)cc3)c(C(N)=O)s2)C1. The van der Waals surface area contributed by atoms with Crippen LogP contribution in [-0.2, 0) is 4.74 Å². The maximum absolute atomic E-state index is 12.2. The molecule has 0 radical (unpaired) electrons. The molecule has 35 heavy (non-hydrogen) atoms. The van der Waals surface area contributed by atoms with Crippen LogP contribution in [0, 0.1) is 0 Å². The molecule has 0 bridgehead atoms. The maximum atomic E-state index is 12.2. The summed E-state index contributed by atoms with van der Waals surface area (Å²) >= 11 is 1.27. The number of ether oxygens (including phenoxy) is 2. The molecule has 0 unspecified atom stereocenters. The third kappa shape index (κ3) is 6.51. The van der Waals surface area contributed by atoms with Gasteiger partial charge in [-0.15, -0.1) is 0 Å². The van der Waals surface area contributed by atoms with Gasteiger partial charge >= 0.3 is 6.09 Å². The maximum Gasteiger partial charge on any atom is 0.407 e. The van der Waals surface area contributed by atoms with Crippen molar-refractivity contribution < 1.29 is 19.1 Å². The molecule has 9 heteroatoms. The number of nitrogens with zero attached hydrogens (tertiary/aromatic N) is 2. The number of piperidine rings is 1. The molecular weight excluding hydrogens is 464 g/mol. The number of benzene rings is 2. The van der Waals surface area contributed by atoms with Gasteiger partial charge < -0.3 is 25.4 Å². The number of nitrogens with one attached hydrogen (secondary N) is 1. The van der Waals surface area contributed by atoms with Gasteiger partial charge in [0.15, 0.2) is 5.13 Å². The molecule has 2 aromatic carbocycles. The van der Waals surface area contributed by atoms with Crippen molar-refractivity contribution in [3.05, 3.63) is 59.5 Å². The second-order valence-electron chi connectivity index (χ2n) is 9.41. The molecule has 0 spiro atoms. The molecule has 1 saturated heterocycles. The summed E-state index contributed by atoms with van der Waals surface area (Å²) in [5.74, 6) is 0.908. The van der Waals surface area contributed by atoms with Gasteiger partial charge in [-0.2, -0.15) is 0 Å². The standard InChI is InChI=1S/C26H30N4O4S/c1-26(2,3)34-25(32)28-18-8-7-15-30(16-18)24-29-21(22(35-24)23(27)31)17-11-13-20(14-12-17)33-19-9-5-4-6-10-19/h4-6,9-14,18H,7-8,15-16H2,1-3H3,(H2,27,31)(H,28,32)/t18-/m1/s1. The summed E-state index contributed by atoms with van der Waals surface area (Å²) in [6, 6.07) is 16.9. The zero-order valence-corrected chi connectivity index (χ0v) is 20.9. The largest absolute Gasteiger partial charge is 0.457 e. The van der Waals surface area contributed by atoms with E-state index in [2.05, 4.69) is 10.2 Å². The Kier molecular flexibility index (Phi) is 7.25. The van der Waals surface area contributed by atoms with Crippen LogP contribution in [0.2, 0.25) is 0 Å². The Hall–Kier alpha value is -3.59. The average Bonchev–Trinajstić information content (AvgIpc) is 3.25. The number of anilines is 1. The van der Waals surface area contributed by atoms with Gasteiger partial charge in [0, 0.05) is 24.7 Å². The van der Waals surface area contributed by atoms with Crippen LogP contribution in [0.3, 0.4) is 0 Å². The van der Waals surface area contributed by atoms with Crippen LogP contribution in [0.15, 0.2) is 54.6 Å². The predicted molar refractivity (Wildman–Crippen MR) is 137 cm³/mol. The molecule has 2 amide bonds. The highest BCUT2D eigenvalue weighted by Gasteiger charge is 2.27. The second-order valence-corrected chi connectivity index (χ2v) is 10.4. The number of alkyl carbamates (subject to hydrolysis) is 1. The number of hydrogen-bond donors (Lipinski definition) is 2. The number of primary amides is 1. The summed E-state index contributed by atoms with van der Waals surface area (Å²) in [4.78, 5) is 31.7. The minimum atomic E-state index is -0.555. The minimum absolute atomic E-state index is 0.0719. The van der Waals surface area contributed by atoms with E-state index in [0.717, 1.165) is 30.7 Å². The van der Waals surface area contributed by atoms with Crippen LogP contribution in [-0.4, -0.2) is 41.7 Å². The third-order valence-corrected chi connectivity index (χ3v) is 6.49. The fourth-order valence-corrected chi connectivity index (χ4v) is 4.83. The lowest BCUT2D eigenvalue weighted by Gasteiger charge is -2.33. The van der Waals surface area contributed by atoms with Gasteiger partial charge in [0.25, 0.3) is 5.91 Å². The van der Waals surface area contributed by atoms with Crippen molar-refractivity contribution in [2.75, 3.05) is 18.0 Å². The van der Waals surface area contributed by atoms with E-state index in [1.165, 1.54) is 11.3 Å². The van der Waals surface area contributed by atoms with Gasteiger partial charge in [0.05, 0.1) is 5.69 Å². The molecule has 0 saturated carbocycles. The van der Waals surface area contributed by atoms with Gasteiger partial charge in [-0.25, -0.2) is 9.78 Å². The van der Waals surface area contributed by atoms with E-state index in [-0.39, 0.29) is 6.04 Å². The van der Waals surface area contributed by atoms with Crippen LogP contribution >= 0.6 is 11.3 Å². The van der Waals surface area contributed by atoms with E-state index in [4.69, 9.17) is 20.2 Å². The van der Waals surface area contributed by atoms with E-state index in [0.29, 0.717) is 28.0 Å². The first-order valence-corrected chi connectivity index (χ1v) is 12.4. The number of hydrogen-bond acceptors (Lipinski definition) is 7. The number of carbonyl (C=O) groups excluding carboxylic acids is 2. The summed E-state index contributed by atoms with van der Waals surface area (Å²) in [5, 5.41) is 3.65. The van der Waals surface area contributed by atoms with E-state index < -0.39 is 17.6 Å². The lowest BCUT2D eigenvalue weighted by atomic mass is 10.1. The summed E-state index contributed by atoms with van der Waals surface area (Å²) in [7, 11) is 0. The van der Waals surface area contributed by atoms with Crippen LogP contribution in [0.5, 0.6) is 11.5 Å². The highest BCUT2D eigenvalue weighted by Crippen LogP contribution is 2.35. The molecule has 1 aliphatic rings. The number of para-hydroxylation sites is 1. The highest BCUT2D eigenvalue weighted by atomic mass is 32.1. The molecule has 3 aromatic rings. The highest BCUT2D eigenvalue weighted by molar-refractivity contribution is 7.18. The van der Waals surface area contributed by atoms with Gasteiger partial charge in [0.2, 0.25) is 0 Å². The third-order valence-electron chi connectivity index (χ3n) is 5.36. The summed E-state index contributed by atoms with van der Waals surface area (Å²) < 4.78 is 11.2. The van der Waals surface area contributed by atoms with E-state index in [1.807, 2.05) is 75.4 Å². The number of nitrogens with two attached hydrogens (primary N) is 1. The minimum Gasteiger partial charge on any atom is -0.457 e. The Morgan fingerprint density at radius 1 is 1.09 bits per heavy atom. The van der Waals surface area contributed by atoms with E-state index >= 15 is 0 Å². The van der Waals surface area contributed by atoms with Crippen LogP contribution < -0.4 is 20.7 Å². The monoisotopic (exact) mass is 494 g/mol. The van der Waals surface area contributed by atoms with Crippen molar-refractivity contribution in [2.45, 2.75) is 45.3 Å². The van der Waals surface area contributed by atoms with Gasteiger partial charge in [0.1, 0.15) is 22.0 Å². The Morgan fingerprint density at radius 2 is 1.77 bits per heavy atom. The fourth-order valence-electron chi connectivity index (χ4n) is 3.86. The average molecular weight is 495 g/mol. The predicted octanol–water partition coefficient (Wildman–Crippen LogP) is 5.19. The van der Waals surface area contributed by atoms with Crippen molar-refractivity contribution in [1.29, 1.82) is 0 Å². The van der Waals surface area contributed by atoms with Crippen molar-refractivity contribution >= 4 is 28.5 Å². The van der Waals surface area contributed by atoms with Gasteiger partial charge in [-0.3, -0.25) is 4.79 Å². The van der Waals surface area contributed by atoms with Gasteiger partial charge in [-0.05, 0) is 70.0 Å². The number of carbonyl (C=O) groups is 2. The number of amides is 2. The number of rotatable bonds is 6. The zero-order valence-electron chi connectivity index (χ0n) is 20.1. The topological polar surface area (TPSA) is 107 Å². The Bertz CT molecular complexity index is 1170. The molecule has 184 valence electrons. The normalized spacial score (nSPS) is 16.0. The first kappa shape index (κ1) is 24.5. The first-order chi connectivity index (χ1) is 16.7. The smallest absolute Gasteiger partial charge is 0.407 e. The molecule has 1 atom stereocenters. The Labute approximate surface area is 209 Å². The quantitative estimate of drug-likeness (QED) is 0.488.